The minimum atomic E-state index is -0.969. The first-order valence-electron chi connectivity index (χ1n) is 10.6. The molecular weight excluding hydrogens is 428 g/mol. The van der Waals surface area contributed by atoms with E-state index < -0.39 is 11.9 Å². The van der Waals surface area contributed by atoms with Gasteiger partial charge in [-0.3, -0.25) is 14.5 Å². The minimum Gasteiger partial charge on any atom is -0.497 e. The Morgan fingerprint density at radius 2 is 1.88 bits per heavy atom. The van der Waals surface area contributed by atoms with Crippen LogP contribution >= 0.6 is 11.6 Å². The molecule has 1 fully saturated rings. The molecule has 166 valence electrons. The molecule has 1 aliphatic carbocycles. The summed E-state index contributed by atoms with van der Waals surface area (Å²) in [5.41, 5.74) is 1.03. The molecule has 2 aromatic carbocycles. The normalized spacial score (nSPS) is 14.7. The van der Waals surface area contributed by atoms with E-state index in [-0.39, 0.29) is 17.7 Å². The van der Waals surface area contributed by atoms with Crippen molar-refractivity contribution >= 4 is 29.1 Å². The maximum Gasteiger partial charge on any atom is 0.295 e. The van der Waals surface area contributed by atoms with E-state index in [1.807, 2.05) is 0 Å². The molecule has 0 radical (unpaired) electrons. The number of hydrogen-bond acceptors (Lipinski definition) is 4. The molecular formula is C25H25ClN2O4. The third kappa shape index (κ3) is 4.65. The number of furan rings is 1. The van der Waals surface area contributed by atoms with Crippen LogP contribution in [0.3, 0.4) is 0 Å². The van der Waals surface area contributed by atoms with E-state index in [2.05, 4.69) is 5.32 Å². The average molecular weight is 453 g/mol. The molecule has 32 heavy (non-hydrogen) atoms. The Bertz CT molecular complexity index is 1080. The van der Waals surface area contributed by atoms with E-state index in [1.54, 1.807) is 67.8 Å². The van der Waals surface area contributed by atoms with Crippen molar-refractivity contribution in [3.8, 4) is 5.75 Å². The molecule has 1 aliphatic rings. The number of para-hydroxylation sites is 1. The predicted octanol–water partition coefficient (Wildman–Crippen LogP) is 5.39. The summed E-state index contributed by atoms with van der Waals surface area (Å²) in [5, 5.41) is 3.49. The highest BCUT2D eigenvalue weighted by Gasteiger charge is 2.36. The van der Waals surface area contributed by atoms with E-state index in [9.17, 15) is 9.59 Å². The van der Waals surface area contributed by atoms with E-state index in [0.717, 1.165) is 25.7 Å². The van der Waals surface area contributed by atoms with Gasteiger partial charge in [-0.15, -0.1) is 0 Å². The summed E-state index contributed by atoms with van der Waals surface area (Å²) in [6, 6.07) is 16.5. The molecule has 0 unspecified atom stereocenters. The standard InChI is InChI=1S/C25H25ClN2O4/c1-31-19-11-6-8-17(16-19)23(24(29)27-18-9-2-3-10-18)28(21-13-5-4-12-20(21)26)25(30)22-14-7-15-32-22/h4-8,11-16,18,23H,2-3,9-10H2,1H3,(H,27,29)/t23-/m1/s1. The number of hydrogen-bond donors (Lipinski definition) is 1. The Morgan fingerprint density at radius 1 is 1.09 bits per heavy atom. The monoisotopic (exact) mass is 452 g/mol. The topological polar surface area (TPSA) is 71.8 Å². The van der Waals surface area contributed by atoms with Crippen LogP contribution in [0.4, 0.5) is 5.69 Å². The molecule has 0 aliphatic heterocycles. The number of nitrogens with zero attached hydrogens (tertiary/aromatic N) is 1. The largest absolute Gasteiger partial charge is 0.497 e. The van der Waals surface area contributed by atoms with Gasteiger partial charge in [0.15, 0.2) is 5.76 Å². The molecule has 0 bridgehead atoms. The fraction of sp³-hybridized carbons (Fsp3) is 0.280. The molecule has 3 aromatic rings. The molecule has 4 rings (SSSR count). The molecule has 1 heterocycles. The SMILES string of the molecule is COc1cccc([C@H](C(=O)NC2CCCC2)N(C(=O)c2ccco2)c2ccccc2Cl)c1. The van der Waals surface area contributed by atoms with Crippen molar-refractivity contribution in [3.05, 3.63) is 83.3 Å². The summed E-state index contributed by atoms with van der Waals surface area (Å²) >= 11 is 6.51. The second-order valence-electron chi connectivity index (χ2n) is 7.77. The number of halogens is 1. The zero-order valence-electron chi connectivity index (χ0n) is 17.8. The van der Waals surface area contributed by atoms with E-state index in [1.165, 1.54) is 11.2 Å². The minimum absolute atomic E-state index is 0.0856. The first kappa shape index (κ1) is 22.0. The van der Waals surface area contributed by atoms with E-state index in [0.29, 0.717) is 22.0 Å². The smallest absolute Gasteiger partial charge is 0.295 e. The molecule has 6 nitrogen and oxygen atoms in total. The summed E-state index contributed by atoms with van der Waals surface area (Å²) in [6.07, 6.45) is 5.43. The van der Waals surface area contributed by atoms with Gasteiger partial charge in [0.05, 0.1) is 24.1 Å². The lowest BCUT2D eigenvalue weighted by Crippen LogP contribution is -2.46. The van der Waals surface area contributed by atoms with Crippen LogP contribution in [-0.2, 0) is 4.79 Å². The molecule has 1 aromatic heterocycles. The van der Waals surface area contributed by atoms with Crippen LogP contribution in [-0.4, -0.2) is 25.0 Å². The molecule has 1 N–H and O–H groups in total. The second kappa shape index (κ2) is 9.92. The van der Waals surface area contributed by atoms with Gasteiger partial charge in [-0.1, -0.05) is 48.7 Å². The summed E-state index contributed by atoms with van der Waals surface area (Å²) in [6.45, 7) is 0. The van der Waals surface area contributed by atoms with Crippen LogP contribution in [0.25, 0.3) is 0 Å². The van der Waals surface area contributed by atoms with Gasteiger partial charge in [-0.05, 0) is 54.8 Å². The van der Waals surface area contributed by atoms with Gasteiger partial charge >= 0.3 is 0 Å². The maximum atomic E-state index is 13.7. The fourth-order valence-electron chi connectivity index (χ4n) is 4.11. The van der Waals surface area contributed by atoms with Crippen molar-refractivity contribution in [1.82, 2.24) is 5.32 Å². The van der Waals surface area contributed by atoms with Crippen LogP contribution in [0.2, 0.25) is 5.02 Å². The van der Waals surface area contributed by atoms with Crippen LogP contribution in [0, 0.1) is 0 Å². The number of methoxy groups -OCH3 is 1. The van der Waals surface area contributed by atoms with Gasteiger partial charge < -0.3 is 14.5 Å². The molecule has 1 atom stereocenters. The summed E-state index contributed by atoms with van der Waals surface area (Å²) in [4.78, 5) is 28.7. The lowest BCUT2D eigenvalue weighted by molar-refractivity contribution is -0.123. The highest BCUT2D eigenvalue weighted by atomic mass is 35.5. The Kier molecular flexibility index (Phi) is 6.81. The van der Waals surface area contributed by atoms with Gasteiger partial charge in [0.2, 0.25) is 5.91 Å². The Balaban J connectivity index is 1.84. The van der Waals surface area contributed by atoms with Crippen LogP contribution in [0.5, 0.6) is 5.75 Å². The van der Waals surface area contributed by atoms with Gasteiger partial charge in [0.25, 0.3) is 5.91 Å². The fourth-order valence-corrected chi connectivity index (χ4v) is 4.34. The summed E-state index contributed by atoms with van der Waals surface area (Å²) in [5.74, 6) is -0.0281. The number of anilines is 1. The molecule has 0 saturated heterocycles. The van der Waals surface area contributed by atoms with E-state index >= 15 is 0 Å². The number of carbonyl (C=O) groups excluding carboxylic acids is 2. The zero-order valence-corrected chi connectivity index (χ0v) is 18.5. The lowest BCUT2D eigenvalue weighted by Gasteiger charge is -2.32. The highest BCUT2D eigenvalue weighted by Crippen LogP contribution is 2.36. The Labute approximate surface area is 192 Å². The molecule has 2 amide bonds. The number of amides is 2. The second-order valence-corrected chi connectivity index (χ2v) is 8.18. The Morgan fingerprint density at radius 3 is 2.56 bits per heavy atom. The summed E-state index contributed by atoms with van der Waals surface area (Å²) in [7, 11) is 1.56. The van der Waals surface area contributed by atoms with Crippen LogP contribution in [0.1, 0.15) is 47.8 Å². The highest BCUT2D eigenvalue weighted by molar-refractivity contribution is 6.34. The maximum absolute atomic E-state index is 13.7. The van der Waals surface area contributed by atoms with Crippen LogP contribution in [0.15, 0.2) is 71.3 Å². The quantitative estimate of drug-likeness (QED) is 0.521. The van der Waals surface area contributed by atoms with Crippen molar-refractivity contribution in [2.24, 2.45) is 0 Å². The lowest BCUT2D eigenvalue weighted by atomic mass is 10.0. The molecule has 1 saturated carbocycles. The van der Waals surface area contributed by atoms with Crippen molar-refractivity contribution in [1.29, 1.82) is 0 Å². The van der Waals surface area contributed by atoms with Gasteiger partial charge in [-0.25, -0.2) is 0 Å². The number of rotatable bonds is 7. The summed E-state index contributed by atoms with van der Waals surface area (Å²) < 4.78 is 10.8. The van der Waals surface area contributed by atoms with Gasteiger partial charge in [0.1, 0.15) is 11.8 Å². The third-order valence-corrected chi connectivity index (χ3v) is 6.00. The van der Waals surface area contributed by atoms with Crippen molar-refractivity contribution in [3.63, 3.8) is 0 Å². The molecule has 7 heteroatoms. The predicted molar refractivity (Wildman–Crippen MR) is 123 cm³/mol. The Hall–Kier alpha value is -3.25. The van der Waals surface area contributed by atoms with Crippen molar-refractivity contribution in [2.75, 3.05) is 12.0 Å². The van der Waals surface area contributed by atoms with Crippen molar-refractivity contribution in [2.45, 2.75) is 37.8 Å². The number of ether oxygens (including phenoxy) is 1. The third-order valence-electron chi connectivity index (χ3n) is 5.68. The van der Waals surface area contributed by atoms with Crippen molar-refractivity contribution < 1.29 is 18.7 Å². The first-order valence-corrected chi connectivity index (χ1v) is 11.0. The number of carbonyl (C=O) groups is 2. The van der Waals surface area contributed by atoms with Crippen LogP contribution < -0.4 is 15.0 Å². The number of nitrogens with one attached hydrogen (secondary N) is 1. The van der Waals surface area contributed by atoms with Gasteiger partial charge in [0, 0.05) is 6.04 Å². The molecule has 0 spiro atoms. The average Bonchev–Trinajstić information content (AvgIpc) is 3.52. The van der Waals surface area contributed by atoms with E-state index in [4.69, 9.17) is 20.8 Å². The first-order chi connectivity index (χ1) is 15.6. The number of benzene rings is 2. The zero-order chi connectivity index (χ0) is 22.5. The van der Waals surface area contributed by atoms with Gasteiger partial charge in [-0.2, -0.15) is 0 Å².